The van der Waals surface area contributed by atoms with Crippen molar-refractivity contribution in [2.24, 2.45) is 5.73 Å². The predicted octanol–water partition coefficient (Wildman–Crippen LogP) is 1.21. The molecule has 3 rings (SSSR count). The normalized spacial score (nSPS) is 24.9. The first kappa shape index (κ1) is 11.9. The molecular weight excluding hydrogens is 224 g/mol. The van der Waals surface area contributed by atoms with Gasteiger partial charge in [-0.3, -0.25) is 4.90 Å². The number of pyridine rings is 1. The third-order valence-electron chi connectivity index (χ3n) is 4.13. The molecule has 98 valence electrons. The standard InChI is InChI=1S/C14H22N4/c15-10-12-4-1-6-14(16-12)18-9-3-8-17-7-2-5-13(17)11-18/h1,4,6,13H,2-3,5,7-11,15H2. The summed E-state index contributed by atoms with van der Waals surface area (Å²) >= 11 is 0. The zero-order valence-corrected chi connectivity index (χ0v) is 10.9. The molecule has 0 bridgehead atoms. The summed E-state index contributed by atoms with van der Waals surface area (Å²) in [5, 5.41) is 0. The van der Waals surface area contributed by atoms with Gasteiger partial charge >= 0.3 is 0 Å². The molecule has 2 fully saturated rings. The molecule has 2 aliphatic heterocycles. The average Bonchev–Trinajstić information content (AvgIpc) is 2.76. The van der Waals surface area contributed by atoms with Gasteiger partial charge in [0, 0.05) is 32.2 Å². The molecule has 1 aromatic heterocycles. The van der Waals surface area contributed by atoms with Crippen LogP contribution in [0.4, 0.5) is 5.82 Å². The van der Waals surface area contributed by atoms with Crippen molar-refractivity contribution < 1.29 is 0 Å². The first-order valence-electron chi connectivity index (χ1n) is 7.02. The van der Waals surface area contributed by atoms with Crippen LogP contribution in [0, 0.1) is 0 Å². The van der Waals surface area contributed by atoms with Crippen LogP contribution in [0.5, 0.6) is 0 Å². The van der Waals surface area contributed by atoms with E-state index in [-0.39, 0.29) is 0 Å². The SMILES string of the molecule is NCc1cccc(N2CCCN3CCCC3C2)n1. The first-order valence-corrected chi connectivity index (χ1v) is 7.02. The van der Waals surface area contributed by atoms with E-state index in [0.29, 0.717) is 6.54 Å². The van der Waals surface area contributed by atoms with Crippen molar-refractivity contribution in [1.82, 2.24) is 9.88 Å². The lowest BCUT2D eigenvalue weighted by Crippen LogP contribution is -2.37. The molecule has 3 heterocycles. The van der Waals surface area contributed by atoms with Crippen molar-refractivity contribution >= 4 is 5.82 Å². The number of hydrogen-bond acceptors (Lipinski definition) is 4. The highest BCUT2D eigenvalue weighted by Crippen LogP contribution is 2.24. The van der Waals surface area contributed by atoms with E-state index in [1.165, 1.54) is 32.4 Å². The highest BCUT2D eigenvalue weighted by Gasteiger charge is 2.29. The summed E-state index contributed by atoms with van der Waals surface area (Å²) < 4.78 is 0. The van der Waals surface area contributed by atoms with E-state index < -0.39 is 0 Å². The Balaban J connectivity index is 1.78. The number of hydrogen-bond donors (Lipinski definition) is 1. The summed E-state index contributed by atoms with van der Waals surface area (Å²) in [6, 6.07) is 6.92. The van der Waals surface area contributed by atoms with Crippen LogP contribution in [0.2, 0.25) is 0 Å². The second-order valence-corrected chi connectivity index (χ2v) is 5.32. The lowest BCUT2D eigenvalue weighted by Gasteiger charge is -2.26. The van der Waals surface area contributed by atoms with E-state index in [2.05, 4.69) is 26.9 Å². The van der Waals surface area contributed by atoms with Crippen LogP contribution in [-0.2, 0) is 6.54 Å². The number of anilines is 1. The Morgan fingerprint density at radius 1 is 1.22 bits per heavy atom. The highest BCUT2D eigenvalue weighted by atomic mass is 15.3. The number of nitrogens with zero attached hydrogens (tertiary/aromatic N) is 3. The number of fused-ring (bicyclic) bond motifs is 1. The number of rotatable bonds is 2. The molecule has 0 spiro atoms. The van der Waals surface area contributed by atoms with Crippen molar-refractivity contribution in [3.8, 4) is 0 Å². The maximum atomic E-state index is 5.68. The van der Waals surface area contributed by atoms with Gasteiger partial charge in [0.2, 0.25) is 0 Å². The topological polar surface area (TPSA) is 45.4 Å². The Bertz CT molecular complexity index is 407. The Morgan fingerprint density at radius 3 is 3.00 bits per heavy atom. The molecule has 1 unspecified atom stereocenters. The molecular formula is C14H22N4. The minimum absolute atomic E-state index is 0.525. The van der Waals surface area contributed by atoms with E-state index in [9.17, 15) is 0 Å². The lowest BCUT2D eigenvalue weighted by molar-refractivity contribution is 0.273. The monoisotopic (exact) mass is 246 g/mol. The van der Waals surface area contributed by atoms with Crippen LogP contribution in [0.1, 0.15) is 25.0 Å². The second-order valence-electron chi connectivity index (χ2n) is 5.32. The van der Waals surface area contributed by atoms with Crippen molar-refractivity contribution in [2.45, 2.75) is 31.8 Å². The zero-order chi connectivity index (χ0) is 12.4. The van der Waals surface area contributed by atoms with Gasteiger partial charge in [-0.15, -0.1) is 0 Å². The van der Waals surface area contributed by atoms with Crippen LogP contribution in [0.3, 0.4) is 0 Å². The molecule has 1 atom stereocenters. The predicted molar refractivity (Wildman–Crippen MR) is 73.6 cm³/mol. The Kier molecular flexibility index (Phi) is 3.48. The molecule has 0 aliphatic carbocycles. The van der Waals surface area contributed by atoms with Gasteiger partial charge in [0.15, 0.2) is 0 Å². The minimum atomic E-state index is 0.525. The molecule has 1 aromatic rings. The third-order valence-corrected chi connectivity index (χ3v) is 4.13. The molecule has 0 aromatic carbocycles. The zero-order valence-electron chi connectivity index (χ0n) is 10.9. The fourth-order valence-electron chi connectivity index (χ4n) is 3.17. The summed E-state index contributed by atoms with van der Waals surface area (Å²) in [5.74, 6) is 1.10. The highest BCUT2D eigenvalue weighted by molar-refractivity contribution is 5.40. The smallest absolute Gasteiger partial charge is 0.128 e. The molecule has 4 heteroatoms. The second kappa shape index (κ2) is 5.24. The quantitative estimate of drug-likeness (QED) is 0.852. The first-order chi connectivity index (χ1) is 8.86. The van der Waals surface area contributed by atoms with E-state index in [1.54, 1.807) is 0 Å². The largest absolute Gasteiger partial charge is 0.355 e. The fourth-order valence-corrected chi connectivity index (χ4v) is 3.17. The Labute approximate surface area is 109 Å². The molecule has 0 radical (unpaired) electrons. The number of nitrogens with two attached hydrogens (primary N) is 1. The van der Waals surface area contributed by atoms with Crippen molar-refractivity contribution in [2.75, 3.05) is 31.1 Å². The summed E-state index contributed by atoms with van der Waals surface area (Å²) in [5.41, 5.74) is 6.66. The van der Waals surface area contributed by atoms with Crippen LogP contribution in [-0.4, -0.2) is 42.1 Å². The summed E-state index contributed by atoms with van der Waals surface area (Å²) in [4.78, 5) is 9.74. The van der Waals surface area contributed by atoms with Gasteiger partial charge in [0.1, 0.15) is 5.82 Å². The van der Waals surface area contributed by atoms with Gasteiger partial charge in [-0.25, -0.2) is 4.98 Å². The van der Waals surface area contributed by atoms with Gasteiger partial charge in [-0.05, 0) is 37.9 Å². The molecule has 0 saturated carbocycles. The van der Waals surface area contributed by atoms with Crippen molar-refractivity contribution in [3.05, 3.63) is 23.9 Å². The molecule has 0 amide bonds. The van der Waals surface area contributed by atoms with Crippen LogP contribution >= 0.6 is 0 Å². The van der Waals surface area contributed by atoms with Gasteiger partial charge in [0.05, 0.1) is 5.69 Å². The average molecular weight is 246 g/mol. The summed E-state index contributed by atoms with van der Waals surface area (Å²) in [6.07, 6.45) is 3.94. The summed E-state index contributed by atoms with van der Waals surface area (Å²) in [7, 11) is 0. The molecule has 2 aliphatic rings. The van der Waals surface area contributed by atoms with Gasteiger partial charge < -0.3 is 10.6 Å². The maximum absolute atomic E-state index is 5.68. The Morgan fingerprint density at radius 2 is 2.11 bits per heavy atom. The Hall–Kier alpha value is -1.13. The van der Waals surface area contributed by atoms with Crippen LogP contribution in [0.15, 0.2) is 18.2 Å². The molecule has 2 N–H and O–H groups in total. The molecule has 18 heavy (non-hydrogen) atoms. The molecule has 4 nitrogen and oxygen atoms in total. The van der Waals surface area contributed by atoms with E-state index >= 15 is 0 Å². The van der Waals surface area contributed by atoms with Gasteiger partial charge in [-0.1, -0.05) is 6.07 Å². The van der Waals surface area contributed by atoms with Crippen molar-refractivity contribution in [3.63, 3.8) is 0 Å². The van der Waals surface area contributed by atoms with Crippen LogP contribution in [0.25, 0.3) is 0 Å². The van der Waals surface area contributed by atoms with Crippen molar-refractivity contribution in [1.29, 1.82) is 0 Å². The minimum Gasteiger partial charge on any atom is -0.355 e. The van der Waals surface area contributed by atoms with Crippen LogP contribution < -0.4 is 10.6 Å². The third kappa shape index (κ3) is 2.35. The van der Waals surface area contributed by atoms with E-state index in [0.717, 1.165) is 30.6 Å². The van der Waals surface area contributed by atoms with E-state index in [4.69, 9.17) is 5.73 Å². The van der Waals surface area contributed by atoms with Gasteiger partial charge in [-0.2, -0.15) is 0 Å². The lowest BCUT2D eigenvalue weighted by atomic mass is 10.2. The van der Waals surface area contributed by atoms with E-state index in [1.807, 2.05) is 6.07 Å². The fraction of sp³-hybridized carbons (Fsp3) is 0.643. The van der Waals surface area contributed by atoms with Gasteiger partial charge in [0.25, 0.3) is 0 Å². The number of aromatic nitrogens is 1. The summed E-state index contributed by atoms with van der Waals surface area (Å²) in [6.45, 7) is 5.30. The maximum Gasteiger partial charge on any atom is 0.128 e. The molecule has 2 saturated heterocycles.